The van der Waals surface area contributed by atoms with E-state index in [9.17, 15) is 9.90 Å². The van der Waals surface area contributed by atoms with Gasteiger partial charge in [-0.1, -0.05) is 70.9 Å². The highest BCUT2D eigenvalue weighted by molar-refractivity contribution is 6.03. The minimum atomic E-state index is -0.0534. The molecule has 1 rings (SSSR count). The molecule has 0 aromatic heterocycles. The number of rotatable bonds is 12. The highest BCUT2D eigenvalue weighted by Gasteiger charge is 2.07. The maximum atomic E-state index is 11.9. The largest absolute Gasteiger partial charge is 0.507 e. The van der Waals surface area contributed by atoms with Crippen molar-refractivity contribution in [1.29, 1.82) is 0 Å². The van der Waals surface area contributed by atoms with Crippen LogP contribution in [0, 0.1) is 0 Å². The van der Waals surface area contributed by atoms with Gasteiger partial charge in [-0.3, -0.25) is 4.79 Å². The Bertz CT molecular complexity index is 512. The molecule has 134 valence electrons. The highest BCUT2D eigenvalue weighted by Crippen LogP contribution is 2.17. The summed E-state index contributed by atoms with van der Waals surface area (Å²) in [5.41, 5.74) is 3.98. The van der Waals surface area contributed by atoms with E-state index in [0.29, 0.717) is 24.1 Å². The van der Waals surface area contributed by atoms with E-state index in [1.54, 1.807) is 12.1 Å². The van der Waals surface area contributed by atoms with Crippen LogP contribution in [0.3, 0.4) is 0 Å². The quantitative estimate of drug-likeness (QED) is 0.316. The second kappa shape index (κ2) is 12.6. The molecular weight excluding hydrogens is 300 g/mol. The van der Waals surface area contributed by atoms with Crippen LogP contribution in [0.15, 0.2) is 29.4 Å². The van der Waals surface area contributed by atoms with Gasteiger partial charge in [-0.05, 0) is 25.0 Å². The normalized spacial score (nSPS) is 11.5. The summed E-state index contributed by atoms with van der Waals surface area (Å²) in [5, 5.41) is 14.0. The molecule has 0 fully saturated rings. The Morgan fingerprint density at radius 3 is 2.25 bits per heavy atom. The number of hydrogen-bond acceptors (Lipinski definition) is 3. The zero-order chi connectivity index (χ0) is 17.6. The molecule has 0 saturated carbocycles. The smallest absolute Gasteiger partial charge is 0.240 e. The fourth-order valence-corrected chi connectivity index (χ4v) is 2.65. The summed E-state index contributed by atoms with van der Waals surface area (Å²) in [6.45, 7) is 4.18. The first kappa shape index (κ1) is 20.2. The number of hydrazone groups is 1. The summed E-state index contributed by atoms with van der Waals surface area (Å²) in [6, 6.07) is 7.06. The van der Waals surface area contributed by atoms with Crippen molar-refractivity contribution in [3.05, 3.63) is 29.8 Å². The van der Waals surface area contributed by atoms with Crippen LogP contribution < -0.4 is 5.43 Å². The Morgan fingerprint density at radius 2 is 1.62 bits per heavy atom. The van der Waals surface area contributed by atoms with E-state index < -0.39 is 0 Å². The van der Waals surface area contributed by atoms with Gasteiger partial charge in [-0.2, -0.15) is 5.10 Å². The van der Waals surface area contributed by atoms with Gasteiger partial charge in [-0.15, -0.1) is 0 Å². The van der Waals surface area contributed by atoms with Crippen molar-refractivity contribution in [1.82, 2.24) is 5.43 Å². The van der Waals surface area contributed by atoms with Crippen LogP contribution in [0.5, 0.6) is 5.75 Å². The molecule has 24 heavy (non-hydrogen) atoms. The van der Waals surface area contributed by atoms with Crippen molar-refractivity contribution in [3.8, 4) is 5.75 Å². The van der Waals surface area contributed by atoms with Gasteiger partial charge in [0.05, 0.1) is 5.71 Å². The van der Waals surface area contributed by atoms with Crippen LogP contribution >= 0.6 is 0 Å². The van der Waals surface area contributed by atoms with Crippen LogP contribution in [0.2, 0.25) is 0 Å². The van der Waals surface area contributed by atoms with Crippen LogP contribution in [0.4, 0.5) is 0 Å². The number of nitrogens with zero attached hydrogens (tertiary/aromatic N) is 1. The SMILES string of the molecule is CCCCCCCCCCC(=O)N/N=C(\CC)c1ccccc1O. The Balaban J connectivity index is 2.25. The van der Waals surface area contributed by atoms with Gasteiger partial charge in [0, 0.05) is 12.0 Å². The zero-order valence-electron chi connectivity index (χ0n) is 15.2. The van der Waals surface area contributed by atoms with E-state index in [4.69, 9.17) is 0 Å². The van der Waals surface area contributed by atoms with E-state index >= 15 is 0 Å². The predicted molar refractivity (Wildman–Crippen MR) is 100 cm³/mol. The van der Waals surface area contributed by atoms with Crippen molar-refractivity contribution in [2.24, 2.45) is 5.10 Å². The summed E-state index contributed by atoms with van der Waals surface area (Å²) >= 11 is 0. The summed E-state index contributed by atoms with van der Waals surface area (Å²) < 4.78 is 0. The van der Waals surface area contributed by atoms with Crippen LogP contribution in [0.1, 0.15) is 83.6 Å². The number of hydrogen-bond donors (Lipinski definition) is 2. The predicted octanol–water partition coefficient (Wildman–Crippen LogP) is 5.15. The lowest BCUT2D eigenvalue weighted by molar-refractivity contribution is -0.121. The Morgan fingerprint density at radius 1 is 1.00 bits per heavy atom. The molecule has 1 aromatic carbocycles. The zero-order valence-corrected chi connectivity index (χ0v) is 15.2. The average molecular weight is 332 g/mol. The first-order valence-electron chi connectivity index (χ1n) is 9.32. The molecule has 0 aliphatic rings. The number of phenols is 1. The standard InChI is InChI=1S/C20H32N2O2/c1-3-5-6-7-8-9-10-11-16-20(24)22-21-18(4-2)17-14-12-13-15-19(17)23/h12-15,23H,3-11,16H2,1-2H3,(H,22,24)/b21-18+. The molecule has 0 saturated heterocycles. The molecular formula is C20H32N2O2. The van der Waals surface area contributed by atoms with E-state index in [1.807, 2.05) is 19.1 Å². The summed E-state index contributed by atoms with van der Waals surface area (Å²) in [4.78, 5) is 11.9. The molecule has 0 aliphatic heterocycles. The van der Waals surface area contributed by atoms with Crippen molar-refractivity contribution in [2.45, 2.75) is 78.1 Å². The monoisotopic (exact) mass is 332 g/mol. The molecule has 0 heterocycles. The summed E-state index contributed by atoms with van der Waals surface area (Å²) in [6.07, 6.45) is 10.9. The maximum Gasteiger partial charge on any atom is 0.240 e. The van der Waals surface area contributed by atoms with Crippen molar-refractivity contribution >= 4 is 11.6 Å². The number of amides is 1. The van der Waals surface area contributed by atoms with E-state index in [-0.39, 0.29) is 11.7 Å². The summed E-state index contributed by atoms with van der Waals surface area (Å²) in [7, 11) is 0. The molecule has 4 nitrogen and oxygen atoms in total. The van der Waals surface area contributed by atoms with Crippen LogP contribution in [-0.2, 0) is 4.79 Å². The lowest BCUT2D eigenvalue weighted by atomic mass is 10.1. The van der Waals surface area contributed by atoms with E-state index in [1.165, 1.54) is 38.5 Å². The number of para-hydroxylation sites is 1. The van der Waals surface area contributed by atoms with Gasteiger partial charge in [0.2, 0.25) is 5.91 Å². The second-order valence-electron chi connectivity index (χ2n) is 6.19. The Kier molecular flexibility index (Phi) is 10.6. The van der Waals surface area contributed by atoms with Crippen molar-refractivity contribution in [2.75, 3.05) is 0 Å². The molecule has 4 heteroatoms. The third-order valence-corrected chi connectivity index (χ3v) is 4.12. The van der Waals surface area contributed by atoms with Crippen molar-refractivity contribution in [3.63, 3.8) is 0 Å². The molecule has 0 atom stereocenters. The van der Waals surface area contributed by atoms with Gasteiger partial charge in [0.25, 0.3) is 0 Å². The highest BCUT2D eigenvalue weighted by atomic mass is 16.3. The van der Waals surface area contributed by atoms with Gasteiger partial charge < -0.3 is 5.11 Å². The molecule has 0 spiro atoms. The molecule has 1 aromatic rings. The number of nitrogens with one attached hydrogen (secondary N) is 1. The topological polar surface area (TPSA) is 61.7 Å². The second-order valence-corrected chi connectivity index (χ2v) is 6.19. The number of benzene rings is 1. The number of aromatic hydroxyl groups is 1. The third-order valence-electron chi connectivity index (χ3n) is 4.12. The van der Waals surface area contributed by atoms with Gasteiger partial charge in [0.15, 0.2) is 0 Å². The first-order chi connectivity index (χ1) is 11.7. The molecule has 0 bridgehead atoms. The Hall–Kier alpha value is -1.84. The number of carbonyl (C=O) groups excluding carboxylic acids is 1. The van der Waals surface area contributed by atoms with E-state index in [0.717, 1.165) is 12.8 Å². The Labute approximate surface area is 146 Å². The molecule has 0 radical (unpaired) electrons. The summed E-state index contributed by atoms with van der Waals surface area (Å²) in [5.74, 6) is 0.137. The van der Waals surface area contributed by atoms with Gasteiger partial charge in [0.1, 0.15) is 5.75 Å². The first-order valence-corrected chi connectivity index (χ1v) is 9.32. The molecule has 2 N–H and O–H groups in total. The third kappa shape index (κ3) is 8.14. The fraction of sp³-hybridized carbons (Fsp3) is 0.600. The number of unbranched alkanes of at least 4 members (excludes halogenated alkanes) is 7. The maximum absolute atomic E-state index is 11.9. The molecule has 1 amide bonds. The minimum Gasteiger partial charge on any atom is -0.507 e. The van der Waals surface area contributed by atoms with Gasteiger partial charge in [-0.25, -0.2) is 5.43 Å². The molecule has 0 aliphatic carbocycles. The average Bonchev–Trinajstić information content (AvgIpc) is 2.59. The lowest BCUT2D eigenvalue weighted by Crippen LogP contribution is -2.19. The fourth-order valence-electron chi connectivity index (χ4n) is 2.65. The number of phenolic OH excluding ortho intramolecular Hbond substituents is 1. The molecule has 0 unspecified atom stereocenters. The van der Waals surface area contributed by atoms with Crippen LogP contribution in [-0.4, -0.2) is 16.7 Å². The van der Waals surface area contributed by atoms with Crippen molar-refractivity contribution < 1.29 is 9.90 Å². The van der Waals surface area contributed by atoms with E-state index in [2.05, 4.69) is 17.5 Å². The van der Waals surface area contributed by atoms with Crippen LogP contribution in [0.25, 0.3) is 0 Å². The number of carbonyl (C=O) groups is 1. The minimum absolute atomic E-state index is 0.0534. The van der Waals surface area contributed by atoms with Gasteiger partial charge >= 0.3 is 0 Å². The lowest BCUT2D eigenvalue weighted by Gasteiger charge is -2.07.